The summed E-state index contributed by atoms with van der Waals surface area (Å²) in [7, 11) is 0. The van der Waals surface area contributed by atoms with Gasteiger partial charge in [-0.25, -0.2) is 4.79 Å². The summed E-state index contributed by atoms with van der Waals surface area (Å²) < 4.78 is 0. The Morgan fingerprint density at radius 2 is 1.73 bits per heavy atom. The van der Waals surface area contributed by atoms with Crippen molar-refractivity contribution in [1.29, 1.82) is 0 Å². The van der Waals surface area contributed by atoms with Gasteiger partial charge in [0.1, 0.15) is 0 Å². The molecule has 0 aliphatic rings. The number of amides is 2. The molecule has 0 spiro atoms. The summed E-state index contributed by atoms with van der Waals surface area (Å²) in [4.78, 5) is 35.3. The van der Waals surface area contributed by atoms with Gasteiger partial charge in [0, 0.05) is 17.5 Å². The van der Waals surface area contributed by atoms with Crippen molar-refractivity contribution < 1.29 is 19.5 Å². The van der Waals surface area contributed by atoms with Crippen LogP contribution in [0.1, 0.15) is 24.2 Å². The van der Waals surface area contributed by atoms with Crippen LogP contribution in [-0.4, -0.2) is 28.1 Å². The first-order chi connectivity index (χ1) is 12.3. The van der Waals surface area contributed by atoms with Crippen molar-refractivity contribution in [3.63, 3.8) is 0 Å². The van der Waals surface area contributed by atoms with E-state index in [1.165, 1.54) is 36.9 Å². The number of carboxylic acids is 1. The van der Waals surface area contributed by atoms with Gasteiger partial charge in [0.15, 0.2) is 0 Å². The lowest BCUT2D eigenvalue weighted by atomic mass is 10.2. The summed E-state index contributed by atoms with van der Waals surface area (Å²) in [6.45, 7) is 3.16. The van der Waals surface area contributed by atoms with E-state index >= 15 is 0 Å². The summed E-state index contributed by atoms with van der Waals surface area (Å²) in [5.41, 5.74) is 0.972. The highest BCUT2D eigenvalue weighted by Gasteiger charge is 2.17. The van der Waals surface area contributed by atoms with Crippen LogP contribution in [0.4, 0.5) is 11.4 Å². The number of hydrogen-bond acceptors (Lipinski definition) is 4. The summed E-state index contributed by atoms with van der Waals surface area (Å²) in [6.07, 6.45) is 0. The van der Waals surface area contributed by atoms with Crippen LogP contribution in [0, 0.1) is 0 Å². The second-order valence-corrected chi connectivity index (χ2v) is 7.28. The van der Waals surface area contributed by atoms with E-state index in [0.29, 0.717) is 5.69 Å². The van der Waals surface area contributed by atoms with Gasteiger partial charge in [-0.15, -0.1) is 11.8 Å². The minimum atomic E-state index is -1.10. The number of anilines is 2. The van der Waals surface area contributed by atoms with Gasteiger partial charge in [-0.3, -0.25) is 9.59 Å². The highest BCUT2D eigenvalue weighted by atomic mass is 35.5. The van der Waals surface area contributed by atoms with E-state index in [9.17, 15) is 14.4 Å². The van der Waals surface area contributed by atoms with Gasteiger partial charge in [-0.2, -0.15) is 0 Å². The molecule has 0 radical (unpaired) electrons. The Bertz CT molecular complexity index is 840. The standard InChI is InChI=1S/C18H17ClN2O4S/c1-10(26-14-6-4-13(5-7-14)20-11(2)22)17(23)21-16-9-12(18(24)25)3-8-15(16)19/h3-10H,1-2H3,(H,20,22)(H,21,23)(H,24,25). The molecule has 1 atom stereocenters. The number of rotatable bonds is 6. The van der Waals surface area contributed by atoms with Crippen molar-refractivity contribution in [1.82, 2.24) is 0 Å². The first-order valence-corrected chi connectivity index (χ1v) is 8.90. The zero-order chi connectivity index (χ0) is 19.3. The van der Waals surface area contributed by atoms with Crippen LogP contribution in [0.15, 0.2) is 47.4 Å². The fourth-order valence-electron chi connectivity index (χ4n) is 2.07. The number of nitrogens with one attached hydrogen (secondary N) is 2. The number of carbonyl (C=O) groups is 3. The Labute approximate surface area is 159 Å². The third-order valence-electron chi connectivity index (χ3n) is 3.33. The molecule has 0 fully saturated rings. The van der Waals surface area contributed by atoms with Crippen LogP contribution in [0.25, 0.3) is 0 Å². The summed E-state index contributed by atoms with van der Waals surface area (Å²) in [5, 5.41) is 14.2. The molecule has 2 amide bonds. The molecule has 26 heavy (non-hydrogen) atoms. The number of carbonyl (C=O) groups excluding carboxylic acids is 2. The van der Waals surface area contributed by atoms with Crippen molar-refractivity contribution in [3.05, 3.63) is 53.1 Å². The average Bonchev–Trinajstić information content (AvgIpc) is 2.57. The van der Waals surface area contributed by atoms with Gasteiger partial charge >= 0.3 is 5.97 Å². The molecule has 8 heteroatoms. The molecule has 0 saturated carbocycles. The SMILES string of the molecule is CC(=O)Nc1ccc(SC(C)C(=O)Nc2cc(C(=O)O)ccc2Cl)cc1. The zero-order valence-electron chi connectivity index (χ0n) is 14.1. The van der Waals surface area contributed by atoms with E-state index < -0.39 is 11.2 Å². The topological polar surface area (TPSA) is 95.5 Å². The van der Waals surface area contributed by atoms with Crippen LogP contribution in [0.2, 0.25) is 5.02 Å². The van der Waals surface area contributed by atoms with E-state index in [-0.39, 0.29) is 28.1 Å². The Kier molecular flexibility index (Phi) is 6.65. The number of carboxylic acid groups (broad SMARTS) is 1. The van der Waals surface area contributed by atoms with Crippen LogP contribution in [0.3, 0.4) is 0 Å². The predicted molar refractivity (Wildman–Crippen MR) is 103 cm³/mol. The van der Waals surface area contributed by atoms with Crippen molar-refractivity contribution in [2.75, 3.05) is 10.6 Å². The maximum atomic E-state index is 12.4. The number of benzene rings is 2. The Balaban J connectivity index is 2.02. The molecule has 6 nitrogen and oxygen atoms in total. The van der Waals surface area contributed by atoms with Crippen molar-refractivity contribution in [2.24, 2.45) is 0 Å². The van der Waals surface area contributed by atoms with Crippen molar-refractivity contribution >= 4 is 52.5 Å². The van der Waals surface area contributed by atoms with Gasteiger partial charge < -0.3 is 15.7 Å². The minimum absolute atomic E-state index is 0.0403. The van der Waals surface area contributed by atoms with E-state index in [1.807, 2.05) is 0 Å². The van der Waals surface area contributed by atoms with Crippen molar-refractivity contribution in [3.8, 4) is 0 Å². The van der Waals surface area contributed by atoms with Gasteiger partial charge in [-0.1, -0.05) is 11.6 Å². The maximum absolute atomic E-state index is 12.4. The number of halogens is 1. The molecule has 136 valence electrons. The molecular formula is C18H17ClN2O4S. The minimum Gasteiger partial charge on any atom is -0.478 e. The highest BCUT2D eigenvalue weighted by Crippen LogP contribution is 2.28. The molecule has 2 aromatic carbocycles. The summed E-state index contributed by atoms with van der Waals surface area (Å²) in [6, 6.07) is 11.2. The third-order valence-corrected chi connectivity index (χ3v) is 4.77. The molecular weight excluding hydrogens is 376 g/mol. The van der Waals surface area contributed by atoms with Crippen LogP contribution in [-0.2, 0) is 9.59 Å². The summed E-state index contributed by atoms with van der Waals surface area (Å²) in [5.74, 6) is -1.55. The lowest BCUT2D eigenvalue weighted by Crippen LogP contribution is -2.22. The predicted octanol–water partition coefficient (Wildman–Crippen LogP) is 4.12. The van der Waals surface area contributed by atoms with Gasteiger partial charge in [0.2, 0.25) is 11.8 Å². The van der Waals surface area contributed by atoms with Crippen LogP contribution >= 0.6 is 23.4 Å². The second-order valence-electron chi connectivity index (χ2n) is 5.45. The molecule has 2 aromatic rings. The number of aromatic carboxylic acids is 1. The smallest absolute Gasteiger partial charge is 0.335 e. The molecule has 2 rings (SSSR count). The molecule has 0 aliphatic carbocycles. The van der Waals surface area contributed by atoms with Gasteiger partial charge in [0.25, 0.3) is 0 Å². The van der Waals surface area contributed by atoms with Crippen LogP contribution < -0.4 is 10.6 Å². The van der Waals surface area contributed by atoms with E-state index in [4.69, 9.17) is 16.7 Å². The van der Waals surface area contributed by atoms with E-state index in [0.717, 1.165) is 4.90 Å². The van der Waals surface area contributed by atoms with Crippen molar-refractivity contribution in [2.45, 2.75) is 24.0 Å². The normalized spacial score (nSPS) is 11.5. The lowest BCUT2D eigenvalue weighted by Gasteiger charge is -2.14. The monoisotopic (exact) mass is 392 g/mol. The first-order valence-electron chi connectivity index (χ1n) is 7.64. The average molecular weight is 393 g/mol. The van der Waals surface area contributed by atoms with Gasteiger partial charge in [-0.05, 0) is 49.4 Å². The lowest BCUT2D eigenvalue weighted by molar-refractivity contribution is -0.115. The largest absolute Gasteiger partial charge is 0.478 e. The zero-order valence-corrected chi connectivity index (χ0v) is 15.6. The Hall–Kier alpha value is -2.51. The van der Waals surface area contributed by atoms with E-state index in [2.05, 4.69) is 10.6 Å². The molecule has 0 aromatic heterocycles. The fraction of sp³-hybridized carbons (Fsp3) is 0.167. The molecule has 0 heterocycles. The molecule has 1 unspecified atom stereocenters. The Morgan fingerprint density at radius 3 is 2.31 bits per heavy atom. The highest BCUT2D eigenvalue weighted by molar-refractivity contribution is 8.00. The summed E-state index contributed by atoms with van der Waals surface area (Å²) >= 11 is 7.35. The number of thioether (sulfide) groups is 1. The fourth-order valence-corrected chi connectivity index (χ4v) is 3.10. The molecule has 0 bridgehead atoms. The molecule has 0 aliphatic heterocycles. The molecule has 0 saturated heterocycles. The second kappa shape index (κ2) is 8.73. The number of hydrogen-bond donors (Lipinski definition) is 3. The Morgan fingerprint density at radius 1 is 1.08 bits per heavy atom. The quantitative estimate of drug-likeness (QED) is 0.643. The third kappa shape index (κ3) is 5.50. The molecule has 3 N–H and O–H groups in total. The van der Waals surface area contributed by atoms with Crippen LogP contribution in [0.5, 0.6) is 0 Å². The van der Waals surface area contributed by atoms with E-state index in [1.54, 1.807) is 31.2 Å². The van der Waals surface area contributed by atoms with Gasteiger partial charge in [0.05, 0.1) is 21.5 Å². The first kappa shape index (κ1) is 19.8. The maximum Gasteiger partial charge on any atom is 0.335 e.